The quantitative estimate of drug-likeness (QED) is 0.285. The number of halogens is 3. The number of nitrogens with two attached hydrogens (primary N) is 1. The van der Waals surface area contributed by atoms with Crippen molar-refractivity contribution in [3.63, 3.8) is 0 Å². The summed E-state index contributed by atoms with van der Waals surface area (Å²) in [5.74, 6) is -0.294. The van der Waals surface area contributed by atoms with Crippen molar-refractivity contribution in [2.45, 2.75) is 44.8 Å². The Morgan fingerprint density at radius 2 is 1.69 bits per heavy atom. The zero-order chi connectivity index (χ0) is 26.6. The fourth-order valence-corrected chi connectivity index (χ4v) is 4.62. The first-order valence-corrected chi connectivity index (χ1v) is 13.4. The predicted molar refractivity (Wildman–Crippen MR) is 130 cm³/mol. The summed E-state index contributed by atoms with van der Waals surface area (Å²) < 4.78 is 62.3. The van der Waals surface area contributed by atoms with Crippen molar-refractivity contribution in [1.29, 1.82) is 0 Å². The van der Waals surface area contributed by atoms with Crippen molar-refractivity contribution in [3.8, 4) is 16.3 Å². The Kier molecular flexibility index (Phi) is 8.92. The maximum Gasteiger partial charge on any atom is 0.469 e. The highest BCUT2D eigenvalue weighted by Gasteiger charge is 2.35. The van der Waals surface area contributed by atoms with E-state index in [1.165, 1.54) is 24.6 Å². The SMILES string of the molecule is CCCc1ccc(CCOc2ccc(-c3nnc([C@@](C)(N)COP(=O)(O)O)s3)cc2C(F)(F)F)cc1. The third kappa shape index (κ3) is 7.83. The average molecular weight is 546 g/mol. The molecular formula is C23H27F3N3O5PS. The smallest absolute Gasteiger partial charge is 0.469 e. The zero-order valence-corrected chi connectivity index (χ0v) is 21.4. The number of alkyl halides is 3. The van der Waals surface area contributed by atoms with Gasteiger partial charge in [-0.15, -0.1) is 10.2 Å². The summed E-state index contributed by atoms with van der Waals surface area (Å²) in [6.07, 6.45) is -2.20. The fraction of sp³-hybridized carbons (Fsp3) is 0.391. The second-order valence-electron chi connectivity index (χ2n) is 8.47. The number of nitrogens with zero attached hydrogens (tertiary/aromatic N) is 2. The Labute approximate surface area is 210 Å². The van der Waals surface area contributed by atoms with Gasteiger partial charge in [-0.2, -0.15) is 13.2 Å². The van der Waals surface area contributed by atoms with Gasteiger partial charge in [-0.3, -0.25) is 4.52 Å². The lowest BCUT2D eigenvalue weighted by molar-refractivity contribution is -0.138. The zero-order valence-electron chi connectivity index (χ0n) is 19.7. The lowest BCUT2D eigenvalue weighted by atomic mass is 10.1. The Bertz CT molecular complexity index is 1210. The third-order valence-corrected chi connectivity index (χ3v) is 6.91. The van der Waals surface area contributed by atoms with Crippen molar-refractivity contribution >= 4 is 19.2 Å². The summed E-state index contributed by atoms with van der Waals surface area (Å²) in [6, 6.07) is 11.5. The van der Waals surface area contributed by atoms with Gasteiger partial charge in [0, 0.05) is 12.0 Å². The second-order valence-corrected chi connectivity index (χ2v) is 10.7. The number of hydrogen-bond donors (Lipinski definition) is 3. The normalized spacial score (nSPS) is 14.0. The summed E-state index contributed by atoms with van der Waals surface area (Å²) in [4.78, 5) is 17.8. The second kappa shape index (κ2) is 11.4. The minimum atomic E-state index is -4.76. The number of aromatic nitrogens is 2. The molecule has 0 saturated carbocycles. The topological polar surface area (TPSA) is 128 Å². The molecule has 1 atom stereocenters. The van der Waals surface area contributed by atoms with E-state index in [0.29, 0.717) is 6.42 Å². The van der Waals surface area contributed by atoms with Crippen LogP contribution in [0.2, 0.25) is 0 Å². The summed E-state index contributed by atoms with van der Waals surface area (Å²) in [6.45, 7) is 3.02. The highest BCUT2D eigenvalue weighted by atomic mass is 32.1. The van der Waals surface area contributed by atoms with Crippen LogP contribution in [-0.2, 0) is 33.6 Å². The molecule has 0 saturated heterocycles. The van der Waals surface area contributed by atoms with E-state index in [1.54, 1.807) is 0 Å². The first kappa shape index (κ1) is 28.2. The number of phosphoric acid groups is 1. The maximum atomic E-state index is 13.8. The molecule has 0 spiro atoms. The van der Waals surface area contributed by atoms with Gasteiger partial charge in [0.15, 0.2) is 0 Å². The van der Waals surface area contributed by atoms with E-state index in [4.69, 9.17) is 20.3 Å². The minimum Gasteiger partial charge on any atom is -0.493 e. The standard InChI is InChI=1S/C23H27F3N3O5PS/c1-3-4-15-5-7-16(8-6-15)11-12-33-19-10-9-17(13-18(19)23(24,25)26)20-28-29-21(36-20)22(2,27)14-34-35(30,31)32/h5-10,13H,3-4,11-12,14,27H2,1-2H3,(H2,30,31,32)/t22-/m0/s1. The van der Waals surface area contributed by atoms with Crippen LogP contribution in [0, 0.1) is 0 Å². The molecule has 3 rings (SSSR count). The molecule has 0 unspecified atom stereocenters. The van der Waals surface area contributed by atoms with Gasteiger partial charge in [0.1, 0.15) is 15.8 Å². The van der Waals surface area contributed by atoms with Gasteiger partial charge in [0.2, 0.25) is 0 Å². The Morgan fingerprint density at radius 3 is 2.28 bits per heavy atom. The Balaban J connectivity index is 1.74. The van der Waals surface area contributed by atoms with Crippen molar-refractivity contribution in [3.05, 3.63) is 64.2 Å². The molecule has 36 heavy (non-hydrogen) atoms. The molecule has 0 aliphatic carbocycles. The van der Waals surface area contributed by atoms with Crippen LogP contribution in [0.5, 0.6) is 5.75 Å². The van der Waals surface area contributed by atoms with Crippen molar-refractivity contribution in [1.82, 2.24) is 10.2 Å². The van der Waals surface area contributed by atoms with E-state index in [9.17, 15) is 17.7 Å². The Hall–Kier alpha value is -2.34. The number of rotatable bonds is 11. The molecule has 1 aromatic heterocycles. The molecule has 0 aliphatic heterocycles. The van der Waals surface area contributed by atoms with Gasteiger partial charge < -0.3 is 20.3 Å². The molecule has 0 radical (unpaired) electrons. The van der Waals surface area contributed by atoms with Gasteiger partial charge in [-0.25, -0.2) is 4.57 Å². The molecule has 4 N–H and O–H groups in total. The van der Waals surface area contributed by atoms with Crippen LogP contribution < -0.4 is 10.5 Å². The van der Waals surface area contributed by atoms with E-state index in [2.05, 4.69) is 21.6 Å². The molecule has 2 aromatic carbocycles. The molecule has 0 aliphatic rings. The van der Waals surface area contributed by atoms with E-state index >= 15 is 0 Å². The monoisotopic (exact) mass is 545 g/mol. The van der Waals surface area contributed by atoms with Crippen LogP contribution in [0.25, 0.3) is 10.6 Å². The number of hydrogen-bond acceptors (Lipinski definition) is 7. The van der Waals surface area contributed by atoms with Gasteiger partial charge in [-0.1, -0.05) is 48.9 Å². The summed E-state index contributed by atoms with van der Waals surface area (Å²) in [5.41, 5.74) is 5.99. The van der Waals surface area contributed by atoms with E-state index in [0.717, 1.165) is 35.8 Å². The molecule has 8 nitrogen and oxygen atoms in total. The predicted octanol–water partition coefficient (Wildman–Crippen LogP) is 5.08. The van der Waals surface area contributed by atoms with Crippen LogP contribution in [0.3, 0.4) is 0 Å². The van der Waals surface area contributed by atoms with Crippen LogP contribution in [0.1, 0.15) is 42.0 Å². The first-order valence-electron chi connectivity index (χ1n) is 11.0. The van der Waals surface area contributed by atoms with Crippen LogP contribution >= 0.6 is 19.2 Å². The van der Waals surface area contributed by atoms with Crippen molar-refractivity contribution in [2.75, 3.05) is 13.2 Å². The average Bonchev–Trinajstić information content (AvgIpc) is 3.30. The van der Waals surface area contributed by atoms with E-state index in [1.807, 2.05) is 24.3 Å². The molecule has 0 fully saturated rings. The first-order chi connectivity index (χ1) is 16.8. The summed E-state index contributed by atoms with van der Waals surface area (Å²) >= 11 is 0.900. The summed E-state index contributed by atoms with van der Waals surface area (Å²) in [7, 11) is -4.76. The lowest BCUT2D eigenvalue weighted by Crippen LogP contribution is -2.37. The van der Waals surface area contributed by atoms with Gasteiger partial charge >= 0.3 is 14.0 Å². The van der Waals surface area contributed by atoms with Crippen LogP contribution in [0.15, 0.2) is 42.5 Å². The molecule has 3 aromatic rings. The maximum absolute atomic E-state index is 13.8. The van der Waals surface area contributed by atoms with Crippen LogP contribution in [-0.4, -0.2) is 33.2 Å². The van der Waals surface area contributed by atoms with Gasteiger partial charge in [0.25, 0.3) is 0 Å². The molecule has 0 amide bonds. The minimum absolute atomic E-state index is 0.0730. The number of phosphoric ester groups is 1. The highest BCUT2D eigenvalue weighted by molar-refractivity contribution is 7.46. The van der Waals surface area contributed by atoms with Crippen molar-refractivity contribution < 1.29 is 36.8 Å². The summed E-state index contributed by atoms with van der Waals surface area (Å²) in [5, 5.41) is 8.08. The van der Waals surface area contributed by atoms with E-state index < -0.39 is 31.7 Å². The fourth-order valence-electron chi connectivity index (χ4n) is 3.30. The third-order valence-electron chi connectivity index (χ3n) is 5.19. The van der Waals surface area contributed by atoms with Gasteiger partial charge in [-0.05, 0) is 42.7 Å². The molecular weight excluding hydrogens is 518 g/mol. The number of benzene rings is 2. The van der Waals surface area contributed by atoms with Crippen LogP contribution in [0.4, 0.5) is 13.2 Å². The number of aryl methyl sites for hydroxylation is 1. The van der Waals surface area contributed by atoms with Crippen molar-refractivity contribution in [2.24, 2.45) is 5.73 Å². The lowest BCUT2D eigenvalue weighted by Gasteiger charge is -2.21. The molecule has 196 valence electrons. The van der Waals surface area contributed by atoms with E-state index in [-0.39, 0.29) is 27.9 Å². The van der Waals surface area contributed by atoms with Gasteiger partial charge in [0.05, 0.1) is 24.3 Å². The molecule has 1 heterocycles. The Morgan fingerprint density at radius 1 is 1.06 bits per heavy atom. The molecule has 0 bridgehead atoms. The molecule has 13 heteroatoms. The number of ether oxygens (including phenoxy) is 1. The highest BCUT2D eigenvalue weighted by Crippen LogP contribution is 2.41. The largest absolute Gasteiger partial charge is 0.493 e.